The third-order valence-electron chi connectivity index (χ3n) is 5.59. The highest BCUT2D eigenvalue weighted by molar-refractivity contribution is 6.01. The van der Waals surface area contributed by atoms with Crippen LogP contribution in [0.5, 0.6) is 5.75 Å². The summed E-state index contributed by atoms with van der Waals surface area (Å²) in [5, 5.41) is 0. The smallest absolute Gasteiger partial charge is 0.253 e. The van der Waals surface area contributed by atoms with E-state index in [1.807, 2.05) is 13.0 Å². The maximum atomic E-state index is 13.4. The second-order valence-corrected chi connectivity index (χ2v) is 7.80. The first kappa shape index (κ1) is 20.3. The van der Waals surface area contributed by atoms with Crippen molar-refractivity contribution in [1.29, 1.82) is 0 Å². The predicted molar refractivity (Wildman–Crippen MR) is 112 cm³/mol. The highest BCUT2D eigenvalue weighted by Gasteiger charge is 2.30. The van der Waals surface area contributed by atoms with Crippen LogP contribution >= 0.6 is 0 Å². The summed E-state index contributed by atoms with van der Waals surface area (Å²) in [6.45, 7) is 3.12. The molecule has 1 atom stereocenters. The fourth-order valence-electron chi connectivity index (χ4n) is 4.07. The number of amides is 1. The van der Waals surface area contributed by atoms with Crippen LogP contribution in [0.1, 0.15) is 39.8 Å². The summed E-state index contributed by atoms with van der Waals surface area (Å²) in [6.07, 6.45) is 1.19. The Morgan fingerprint density at radius 3 is 2.73 bits per heavy atom. The van der Waals surface area contributed by atoms with Crippen LogP contribution in [0.15, 0.2) is 30.3 Å². The first-order valence-electron chi connectivity index (χ1n) is 10.1. The number of aryl methyl sites for hydroxylation is 1. The van der Waals surface area contributed by atoms with Crippen LogP contribution in [0, 0.1) is 12.7 Å². The number of halogens is 1. The van der Waals surface area contributed by atoms with E-state index >= 15 is 0 Å². The molecule has 0 radical (unpaired) electrons. The summed E-state index contributed by atoms with van der Waals surface area (Å²) in [4.78, 5) is 19.2. The molecule has 3 aromatic rings. The number of carbonyl (C=O) groups is 1. The van der Waals surface area contributed by atoms with Crippen LogP contribution in [-0.4, -0.2) is 48.2 Å². The van der Waals surface area contributed by atoms with E-state index in [4.69, 9.17) is 14.5 Å². The SMILES string of the molecule is COCCn1c(C)nc2cc(C(=O)N(C)C)c3c(c21)O[C@H](c1ccc(F)cc1)CC3. The Kier molecular flexibility index (Phi) is 5.47. The van der Waals surface area contributed by atoms with Gasteiger partial charge < -0.3 is 18.9 Å². The largest absolute Gasteiger partial charge is 0.483 e. The molecule has 0 spiro atoms. The van der Waals surface area contributed by atoms with E-state index < -0.39 is 0 Å². The van der Waals surface area contributed by atoms with Crippen LogP contribution in [0.2, 0.25) is 0 Å². The van der Waals surface area contributed by atoms with Crippen LogP contribution in [0.25, 0.3) is 11.0 Å². The number of ether oxygens (including phenoxy) is 2. The fourth-order valence-corrected chi connectivity index (χ4v) is 4.07. The van der Waals surface area contributed by atoms with E-state index in [1.54, 1.807) is 38.2 Å². The zero-order valence-electron chi connectivity index (χ0n) is 17.7. The van der Waals surface area contributed by atoms with Crippen LogP contribution in [0.3, 0.4) is 0 Å². The lowest BCUT2D eigenvalue weighted by molar-refractivity contribution is 0.0823. The molecular formula is C23H26FN3O3. The van der Waals surface area contributed by atoms with E-state index in [0.29, 0.717) is 37.3 Å². The number of rotatable bonds is 5. The second-order valence-electron chi connectivity index (χ2n) is 7.80. The topological polar surface area (TPSA) is 56.6 Å². The standard InChI is InChI=1S/C23H26FN3O3/c1-14-25-19-13-18(23(28)26(2)3)17-9-10-20(15-5-7-16(24)8-6-15)30-22(17)21(19)27(14)11-12-29-4/h5-8,13,20H,9-12H2,1-4H3/t20-/m0/s1. The maximum Gasteiger partial charge on any atom is 0.253 e. The molecule has 158 valence electrons. The number of imidazole rings is 1. The third-order valence-corrected chi connectivity index (χ3v) is 5.59. The Balaban J connectivity index is 1.88. The number of methoxy groups -OCH3 is 1. The summed E-state index contributed by atoms with van der Waals surface area (Å²) in [5.74, 6) is 1.19. The lowest BCUT2D eigenvalue weighted by Crippen LogP contribution is -2.25. The monoisotopic (exact) mass is 411 g/mol. The third kappa shape index (κ3) is 3.54. The second kappa shape index (κ2) is 8.07. The first-order chi connectivity index (χ1) is 14.4. The number of benzene rings is 2. The van der Waals surface area contributed by atoms with Gasteiger partial charge in [-0.2, -0.15) is 0 Å². The van der Waals surface area contributed by atoms with Crippen molar-refractivity contribution >= 4 is 16.9 Å². The molecule has 0 fully saturated rings. The number of hydrogen-bond acceptors (Lipinski definition) is 4. The van der Waals surface area contributed by atoms with Gasteiger partial charge in [0.1, 0.15) is 29.0 Å². The van der Waals surface area contributed by atoms with Crippen molar-refractivity contribution in [2.75, 3.05) is 27.8 Å². The van der Waals surface area contributed by atoms with Crippen LogP contribution < -0.4 is 4.74 Å². The fraction of sp³-hybridized carbons (Fsp3) is 0.391. The van der Waals surface area contributed by atoms with Gasteiger partial charge in [0.15, 0.2) is 0 Å². The molecule has 1 aliphatic heterocycles. The van der Waals surface area contributed by atoms with Gasteiger partial charge in [-0.05, 0) is 43.5 Å². The molecule has 30 heavy (non-hydrogen) atoms. The maximum absolute atomic E-state index is 13.4. The summed E-state index contributed by atoms with van der Waals surface area (Å²) in [5.41, 5.74) is 4.04. The van der Waals surface area contributed by atoms with E-state index in [2.05, 4.69) is 4.57 Å². The van der Waals surface area contributed by atoms with Crippen molar-refractivity contribution < 1.29 is 18.7 Å². The molecule has 0 bridgehead atoms. The Hall–Kier alpha value is -2.93. The molecular weight excluding hydrogens is 385 g/mol. The van der Waals surface area contributed by atoms with Crippen molar-refractivity contribution in [3.05, 3.63) is 58.7 Å². The number of carbonyl (C=O) groups excluding carboxylic acids is 1. The van der Waals surface area contributed by atoms with Crippen molar-refractivity contribution in [3.8, 4) is 5.75 Å². The molecule has 0 aliphatic carbocycles. The number of hydrogen-bond donors (Lipinski definition) is 0. The molecule has 0 N–H and O–H groups in total. The van der Waals surface area contributed by atoms with E-state index in [1.165, 1.54) is 12.1 Å². The molecule has 0 unspecified atom stereocenters. The van der Waals surface area contributed by atoms with Gasteiger partial charge in [-0.15, -0.1) is 0 Å². The highest BCUT2D eigenvalue weighted by atomic mass is 19.1. The van der Waals surface area contributed by atoms with Gasteiger partial charge >= 0.3 is 0 Å². The Morgan fingerprint density at radius 2 is 2.07 bits per heavy atom. The molecule has 7 heteroatoms. The Labute approximate surface area is 175 Å². The van der Waals surface area contributed by atoms with Gasteiger partial charge in [-0.1, -0.05) is 12.1 Å². The van der Waals surface area contributed by atoms with Gasteiger partial charge in [0, 0.05) is 38.9 Å². The molecule has 1 aliphatic rings. The first-order valence-corrected chi connectivity index (χ1v) is 10.1. The van der Waals surface area contributed by atoms with Crippen molar-refractivity contribution in [3.63, 3.8) is 0 Å². The zero-order chi connectivity index (χ0) is 21.4. The quantitative estimate of drug-likeness (QED) is 0.639. The van der Waals surface area contributed by atoms with Gasteiger partial charge in [0.25, 0.3) is 5.91 Å². The minimum atomic E-state index is -0.274. The summed E-state index contributed by atoms with van der Waals surface area (Å²) >= 11 is 0. The minimum Gasteiger partial charge on any atom is -0.483 e. The van der Waals surface area contributed by atoms with Gasteiger partial charge in [0.2, 0.25) is 0 Å². The number of fused-ring (bicyclic) bond motifs is 3. The minimum absolute atomic E-state index is 0.0684. The normalized spacial score (nSPS) is 15.7. The number of nitrogens with zero attached hydrogens (tertiary/aromatic N) is 3. The summed E-state index contributed by atoms with van der Waals surface area (Å²) in [7, 11) is 5.15. The highest BCUT2D eigenvalue weighted by Crippen LogP contribution is 2.42. The van der Waals surface area contributed by atoms with Crippen LogP contribution in [0.4, 0.5) is 4.39 Å². The molecule has 1 amide bonds. The van der Waals surface area contributed by atoms with Crippen molar-refractivity contribution in [1.82, 2.24) is 14.5 Å². The lowest BCUT2D eigenvalue weighted by Gasteiger charge is -2.29. The Bertz CT molecular complexity index is 1090. The molecule has 4 rings (SSSR count). The van der Waals surface area contributed by atoms with Gasteiger partial charge in [-0.3, -0.25) is 4.79 Å². The van der Waals surface area contributed by atoms with Crippen molar-refractivity contribution in [2.24, 2.45) is 0 Å². The molecule has 0 saturated carbocycles. The van der Waals surface area contributed by atoms with Crippen molar-refractivity contribution in [2.45, 2.75) is 32.4 Å². The van der Waals surface area contributed by atoms with E-state index in [9.17, 15) is 9.18 Å². The van der Waals surface area contributed by atoms with Gasteiger partial charge in [0.05, 0.1) is 12.1 Å². The van der Waals surface area contributed by atoms with Gasteiger partial charge in [-0.25, -0.2) is 9.37 Å². The summed E-state index contributed by atoms with van der Waals surface area (Å²) < 4.78 is 27.2. The predicted octanol–water partition coefficient (Wildman–Crippen LogP) is 3.90. The van der Waals surface area contributed by atoms with Crippen LogP contribution in [-0.2, 0) is 17.7 Å². The Morgan fingerprint density at radius 1 is 1.33 bits per heavy atom. The molecule has 2 aromatic carbocycles. The number of aromatic nitrogens is 2. The summed E-state index contributed by atoms with van der Waals surface area (Å²) in [6, 6.07) is 8.27. The van der Waals surface area contributed by atoms with E-state index in [0.717, 1.165) is 28.0 Å². The lowest BCUT2D eigenvalue weighted by atomic mass is 9.93. The molecule has 6 nitrogen and oxygen atoms in total. The van der Waals surface area contributed by atoms with E-state index in [-0.39, 0.29) is 17.8 Å². The molecule has 1 aromatic heterocycles. The molecule has 0 saturated heterocycles. The molecule has 2 heterocycles. The zero-order valence-corrected chi connectivity index (χ0v) is 17.7. The average molecular weight is 411 g/mol. The average Bonchev–Trinajstić information content (AvgIpc) is 3.06.